The molecule has 4 nitrogen and oxygen atoms in total. The molecule has 1 aliphatic heterocycles. The van der Waals surface area contributed by atoms with Gasteiger partial charge >= 0.3 is 5.97 Å². The van der Waals surface area contributed by atoms with Crippen LogP contribution in [0.2, 0.25) is 0 Å². The number of carboxylic acids is 1. The molecular weight excluding hydrogens is 158 g/mol. The minimum absolute atomic E-state index is 0.0373. The first kappa shape index (κ1) is 9.48. The average molecular weight is 173 g/mol. The summed E-state index contributed by atoms with van der Waals surface area (Å²) >= 11 is 0. The molecule has 2 N–H and O–H groups in total. The zero-order valence-electron chi connectivity index (χ0n) is 7.46. The van der Waals surface area contributed by atoms with E-state index < -0.39 is 11.5 Å². The van der Waals surface area contributed by atoms with Gasteiger partial charge < -0.3 is 9.84 Å². The maximum Gasteiger partial charge on any atom is 0.326 e. The van der Waals surface area contributed by atoms with Gasteiger partial charge in [0.15, 0.2) is 0 Å². The van der Waals surface area contributed by atoms with Crippen LogP contribution in [0.3, 0.4) is 0 Å². The lowest BCUT2D eigenvalue weighted by Gasteiger charge is -2.37. The quantitative estimate of drug-likeness (QED) is 0.621. The number of hydrogen-bond acceptors (Lipinski definition) is 3. The van der Waals surface area contributed by atoms with Crippen molar-refractivity contribution in [3.8, 4) is 0 Å². The number of hydrogen-bond donors (Lipinski definition) is 2. The number of nitrogens with one attached hydrogen (secondary N) is 1. The Bertz CT molecular complexity index is 173. The van der Waals surface area contributed by atoms with Crippen LogP contribution in [0, 0.1) is 5.92 Å². The Balaban J connectivity index is 2.77. The van der Waals surface area contributed by atoms with Crippen molar-refractivity contribution < 1.29 is 14.6 Å². The molecule has 1 rings (SSSR count). The molecule has 0 bridgehead atoms. The van der Waals surface area contributed by atoms with Gasteiger partial charge in [-0.2, -0.15) is 0 Å². The van der Waals surface area contributed by atoms with Gasteiger partial charge in [0.1, 0.15) is 5.54 Å². The van der Waals surface area contributed by atoms with E-state index in [2.05, 4.69) is 5.32 Å². The summed E-state index contributed by atoms with van der Waals surface area (Å²) in [6.45, 7) is 5.25. The van der Waals surface area contributed by atoms with Gasteiger partial charge in [0.2, 0.25) is 0 Å². The van der Waals surface area contributed by atoms with E-state index in [-0.39, 0.29) is 12.5 Å². The summed E-state index contributed by atoms with van der Waals surface area (Å²) in [5, 5.41) is 12.0. The maximum atomic E-state index is 11.0. The zero-order chi connectivity index (χ0) is 9.19. The molecule has 0 aromatic rings. The van der Waals surface area contributed by atoms with Crippen molar-refractivity contribution in [3.63, 3.8) is 0 Å². The number of rotatable bonds is 2. The molecule has 0 aromatic carbocycles. The molecule has 1 fully saturated rings. The highest BCUT2D eigenvalue weighted by Gasteiger charge is 2.43. The van der Waals surface area contributed by atoms with Crippen molar-refractivity contribution in [3.05, 3.63) is 0 Å². The fourth-order valence-corrected chi connectivity index (χ4v) is 1.39. The molecule has 1 atom stereocenters. The third-order valence-electron chi connectivity index (χ3n) is 2.38. The predicted molar refractivity (Wildman–Crippen MR) is 44.0 cm³/mol. The second-order valence-corrected chi connectivity index (χ2v) is 3.41. The van der Waals surface area contributed by atoms with Crippen LogP contribution >= 0.6 is 0 Å². The molecule has 1 aliphatic rings. The second kappa shape index (κ2) is 3.41. The Morgan fingerprint density at radius 3 is 2.58 bits per heavy atom. The highest BCUT2D eigenvalue weighted by atomic mass is 16.5. The number of carbonyl (C=O) groups is 1. The molecule has 1 saturated heterocycles. The van der Waals surface area contributed by atoms with E-state index in [4.69, 9.17) is 9.84 Å². The van der Waals surface area contributed by atoms with Crippen LogP contribution in [0.15, 0.2) is 0 Å². The van der Waals surface area contributed by atoms with Gasteiger partial charge in [0.25, 0.3) is 0 Å². The number of ether oxygens (including phenoxy) is 1. The summed E-state index contributed by atoms with van der Waals surface area (Å²) in [4.78, 5) is 11.0. The first-order chi connectivity index (χ1) is 5.59. The van der Waals surface area contributed by atoms with Crippen LogP contribution in [0.5, 0.6) is 0 Å². The van der Waals surface area contributed by atoms with Gasteiger partial charge in [-0.1, -0.05) is 13.8 Å². The highest BCUT2D eigenvalue weighted by molar-refractivity contribution is 5.79. The Labute approximate surface area is 71.9 Å². The van der Waals surface area contributed by atoms with Crippen LogP contribution in [-0.4, -0.2) is 36.4 Å². The SMILES string of the molecule is CC(C)C1(C(=O)O)COCCN1. The Kier molecular flexibility index (Phi) is 2.69. The van der Waals surface area contributed by atoms with Gasteiger partial charge in [0.05, 0.1) is 13.2 Å². The van der Waals surface area contributed by atoms with Crippen molar-refractivity contribution in [2.45, 2.75) is 19.4 Å². The van der Waals surface area contributed by atoms with Crippen LogP contribution in [-0.2, 0) is 9.53 Å². The van der Waals surface area contributed by atoms with Crippen molar-refractivity contribution in [1.29, 1.82) is 0 Å². The molecule has 70 valence electrons. The highest BCUT2D eigenvalue weighted by Crippen LogP contribution is 2.20. The van der Waals surface area contributed by atoms with E-state index in [9.17, 15) is 4.79 Å². The summed E-state index contributed by atoms with van der Waals surface area (Å²) in [5.41, 5.74) is -0.877. The van der Waals surface area contributed by atoms with Gasteiger partial charge in [-0.15, -0.1) is 0 Å². The Hall–Kier alpha value is -0.610. The molecule has 0 saturated carbocycles. The fraction of sp³-hybridized carbons (Fsp3) is 0.875. The van der Waals surface area contributed by atoms with E-state index in [1.165, 1.54) is 0 Å². The van der Waals surface area contributed by atoms with E-state index >= 15 is 0 Å². The lowest BCUT2D eigenvalue weighted by Crippen LogP contribution is -2.62. The monoisotopic (exact) mass is 173 g/mol. The molecule has 0 radical (unpaired) electrons. The third-order valence-corrected chi connectivity index (χ3v) is 2.38. The smallest absolute Gasteiger partial charge is 0.326 e. The largest absolute Gasteiger partial charge is 0.480 e. The van der Waals surface area contributed by atoms with Gasteiger partial charge in [-0.05, 0) is 5.92 Å². The number of carboxylic acid groups (broad SMARTS) is 1. The topological polar surface area (TPSA) is 58.6 Å². The fourth-order valence-electron chi connectivity index (χ4n) is 1.39. The van der Waals surface area contributed by atoms with Crippen molar-refractivity contribution in [2.75, 3.05) is 19.8 Å². The Morgan fingerprint density at radius 1 is 1.67 bits per heavy atom. The summed E-state index contributed by atoms with van der Waals surface area (Å²) in [7, 11) is 0. The summed E-state index contributed by atoms with van der Waals surface area (Å²) in [6.07, 6.45) is 0. The Morgan fingerprint density at radius 2 is 2.33 bits per heavy atom. The van der Waals surface area contributed by atoms with Gasteiger partial charge in [-0.25, -0.2) is 0 Å². The summed E-state index contributed by atoms with van der Waals surface area (Å²) in [5.74, 6) is -0.785. The number of aliphatic carboxylic acids is 1. The third kappa shape index (κ3) is 1.44. The molecule has 1 unspecified atom stereocenters. The maximum absolute atomic E-state index is 11.0. The first-order valence-electron chi connectivity index (χ1n) is 4.16. The van der Waals surface area contributed by atoms with Gasteiger partial charge in [0, 0.05) is 6.54 Å². The number of morpholine rings is 1. The average Bonchev–Trinajstić information content (AvgIpc) is 2.05. The van der Waals surface area contributed by atoms with E-state index in [1.807, 2.05) is 13.8 Å². The van der Waals surface area contributed by atoms with E-state index in [1.54, 1.807) is 0 Å². The summed E-state index contributed by atoms with van der Waals surface area (Å²) in [6, 6.07) is 0. The normalized spacial score (nSPS) is 30.6. The predicted octanol–water partition coefficient (Wildman–Crippen LogP) is 0.0856. The molecule has 12 heavy (non-hydrogen) atoms. The zero-order valence-corrected chi connectivity index (χ0v) is 7.46. The molecule has 4 heteroatoms. The summed E-state index contributed by atoms with van der Waals surface area (Å²) < 4.78 is 5.16. The van der Waals surface area contributed by atoms with E-state index in [0.717, 1.165) is 0 Å². The van der Waals surface area contributed by atoms with Gasteiger partial charge in [-0.3, -0.25) is 10.1 Å². The molecule has 0 aromatic heterocycles. The van der Waals surface area contributed by atoms with Crippen LogP contribution in [0.4, 0.5) is 0 Å². The molecule has 0 aliphatic carbocycles. The lowest BCUT2D eigenvalue weighted by atomic mass is 9.86. The molecule has 1 heterocycles. The van der Waals surface area contributed by atoms with Crippen molar-refractivity contribution >= 4 is 5.97 Å². The van der Waals surface area contributed by atoms with Crippen molar-refractivity contribution in [2.24, 2.45) is 5.92 Å². The van der Waals surface area contributed by atoms with Crippen LogP contribution in [0.25, 0.3) is 0 Å². The minimum atomic E-state index is -0.877. The first-order valence-corrected chi connectivity index (χ1v) is 4.16. The lowest BCUT2D eigenvalue weighted by molar-refractivity contribution is -0.153. The second-order valence-electron chi connectivity index (χ2n) is 3.41. The standard InChI is InChI=1S/C8H15NO3/c1-6(2)8(7(10)11)5-12-4-3-9-8/h6,9H,3-5H2,1-2H3,(H,10,11). The molecule has 0 amide bonds. The molecule has 0 spiro atoms. The molecular formula is C8H15NO3. The minimum Gasteiger partial charge on any atom is -0.480 e. The van der Waals surface area contributed by atoms with Crippen LogP contribution < -0.4 is 5.32 Å². The van der Waals surface area contributed by atoms with E-state index in [0.29, 0.717) is 13.2 Å². The van der Waals surface area contributed by atoms with Crippen molar-refractivity contribution in [1.82, 2.24) is 5.32 Å². The van der Waals surface area contributed by atoms with Crippen LogP contribution in [0.1, 0.15) is 13.8 Å².